The highest BCUT2D eigenvalue weighted by Crippen LogP contribution is 2.12. The first kappa shape index (κ1) is 14.5. The molecule has 100 valence electrons. The van der Waals surface area contributed by atoms with Crippen molar-refractivity contribution in [2.45, 2.75) is 19.9 Å². The Morgan fingerprint density at radius 2 is 2.06 bits per heavy atom. The van der Waals surface area contributed by atoms with Crippen LogP contribution in [0.1, 0.15) is 24.2 Å². The van der Waals surface area contributed by atoms with Gasteiger partial charge in [0.2, 0.25) is 0 Å². The maximum absolute atomic E-state index is 12.4. The van der Waals surface area contributed by atoms with Gasteiger partial charge in [0.05, 0.1) is 0 Å². The first-order valence-electron chi connectivity index (χ1n) is 6.27. The first-order chi connectivity index (χ1) is 8.45. The van der Waals surface area contributed by atoms with Crippen LogP contribution in [-0.2, 0) is 0 Å². The molecule has 0 aromatic heterocycles. The van der Waals surface area contributed by atoms with Crippen molar-refractivity contribution in [3.05, 3.63) is 29.8 Å². The number of carbonyl (C=O) groups excluding carboxylic acids is 1. The molecule has 1 atom stereocenters. The van der Waals surface area contributed by atoms with Crippen molar-refractivity contribution >= 4 is 11.6 Å². The lowest BCUT2D eigenvalue weighted by molar-refractivity contribution is 0.0679. The van der Waals surface area contributed by atoms with Gasteiger partial charge in [0.1, 0.15) is 0 Å². The van der Waals surface area contributed by atoms with Crippen LogP contribution in [0.15, 0.2) is 24.3 Å². The highest BCUT2D eigenvalue weighted by Gasteiger charge is 2.20. The maximum atomic E-state index is 12.4. The van der Waals surface area contributed by atoms with Gasteiger partial charge in [-0.2, -0.15) is 0 Å². The van der Waals surface area contributed by atoms with Crippen LogP contribution in [0, 0.1) is 0 Å². The molecule has 0 spiro atoms. The maximum Gasteiger partial charge on any atom is 0.254 e. The molecular weight excluding hydrogens is 226 g/mol. The molecule has 0 heterocycles. The summed E-state index contributed by atoms with van der Waals surface area (Å²) < 4.78 is 0. The molecule has 0 saturated heterocycles. The second-order valence-corrected chi connectivity index (χ2v) is 4.83. The minimum atomic E-state index is 0.0409. The summed E-state index contributed by atoms with van der Waals surface area (Å²) in [6.07, 6.45) is 0. The number of hydrogen-bond acceptors (Lipinski definition) is 3. The van der Waals surface area contributed by atoms with E-state index in [2.05, 4.69) is 11.8 Å². The molecule has 0 radical (unpaired) electrons. The highest BCUT2D eigenvalue weighted by molar-refractivity contribution is 5.95. The summed E-state index contributed by atoms with van der Waals surface area (Å²) in [5.41, 5.74) is 6.99. The molecule has 0 aliphatic carbocycles. The Kier molecular flexibility index (Phi) is 5.16. The normalized spacial score (nSPS) is 12.5. The van der Waals surface area contributed by atoms with E-state index in [4.69, 9.17) is 5.73 Å². The van der Waals surface area contributed by atoms with Gasteiger partial charge in [0, 0.05) is 30.4 Å². The average molecular weight is 249 g/mol. The van der Waals surface area contributed by atoms with Gasteiger partial charge < -0.3 is 15.5 Å². The second-order valence-electron chi connectivity index (χ2n) is 4.83. The molecule has 1 rings (SSSR count). The largest absolute Gasteiger partial charge is 0.399 e. The van der Waals surface area contributed by atoms with Crippen LogP contribution in [0.5, 0.6) is 0 Å². The van der Waals surface area contributed by atoms with Crippen LogP contribution in [0.2, 0.25) is 0 Å². The molecule has 1 unspecified atom stereocenters. The van der Waals surface area contributed by atoms with Crippen molar-refractivity contribution in [1.82, 2.24) is 9.80 Å². The molecule has 0 aliphatic rings. The fraction of sp³-hybridized carbons (Fsp3) is 0.500. The number of nitrogens with two attached hydrogens (primary N) is 1. The first-order valence-corrected chi connectivity index (χ1v) is 6.27. The van der Waals surface area contributed by atoms with Crippen molar-refractivity contribution in [1.29, 1.82) is 0 Å². The number of amides is 1. The van der Waals surface area contributed by atoms with E-state index >= 15 is 0 Å². The van der Waals surface area contributed by atoms with E-state index in [-0.39, 0.29) is 11.9 Å². The van der Waals surface area contributed by atoms with Gasteiger partial charge in [0.15, 0.2) is 0 Å². The minimum Gasteiger partial charge on any atom is -0.399 e. The lowest BCUT2D eigenvalue weighted by Crippen LogP contribution is -2.43. The summed E-state index contributed by atoms with van der Waals surface area (Å²) >= 11 is 0. The Labute approximate surface area is 109 Å². The number of benzene rings is 1. The van der Waals surface area contributed by atoms with Gasteiger partial charge >= 0.3 is 0 Å². The van der Waals surface area contributed by atoms with Crippen molar-refractivity contribution in [3.8, 4) is 0 Å². The number of nitrogens with zero attached hydrogens (tertiary/aromatic N) is 2. The molecule has 0 fully saturated rings. The van der Waals surface area contributed by atoms with E-state index in [1.54, 1.807) is 12.1 Å². The summed E-state index contributed by atoms with van der Waals surface area (Å²) in [6, 6.07) is 7.32. The van der Waals surface area contributed by atoms with E-state index in [0.717, 1.165) is 6.54 Å². The zero-order chi connectivity index (χ0) is 13.7. The van der Waals surface area contributed by atoms with Crippen molar-refractivity contribution in [3.63, 3.8) is 0 Å². The number of nitrogen functional groups attached to an aromatic ring is 1. The third-order valence-electron chi connectivity index (χ3n) is 2.90. The molecule has 1 aromatic rings. The summed E-state index contributed by atoms with van der Waals surface area (Å²) in [5, 5.41) is 0. The molecular formula is C14H23N3O. The van der Waals surface area contributed by atoms with Gasteiger partial charge in [-0.1, -0.05) is 6.07 Å². The zero-order valence-corrected chi connectivity index (χ0v) is 11.7. The molecule has 4 heteroatoms. The van der Waals surface area contributed by atoms with Crippen molar-refractivity contribution < 1.29 is 4.79 Å². The van der Waals surface area contributed by atoms with E-state index < -0.39 is 0 Å². The number of hydrogen-bond donors (Lipinski definition) is 1. The number of carbonyl (C=O) groups is 1. The van der Waals surface area contributed by atoms with E-state index in [0.29, 0.717) is 17.8 Å². The predicted molar refractivity (Wildman–Crippen MR) is 75.6 cm³/mol. The summed E-state index contributed by atoms with van der Waals surface area (Å²) in [6.45, 7) is 5.61. The van der Waals surface area contributed by atoms with Gasteiger partial charge in [-0.3, -0.25) is 4.79 Å². The average Bonchev–Trinajstić information content (AvgIpc) is 2.28. The van der Waals surface area contributed by atoms with Gasteiger partial charge in [0.25, 0.3) is 5.91 Å². The van der Waals surface area contributed by atoms with E-state index in [9.17, 15) is 4.79 Å². The topological polar surface area (TPSA) is 49.6 Å². The Balaban J connectivity index is 2.85. The predicted octanol–water partition coefficient (Wildman–Crippen LogP) is 1.68. The van der Waals surface area contributed by atoms with E-state index in [1.807, 2.05) is 38.1 Å². The molecule has 1 amide bonds. The standard InChI is InChI=1S/C14H23N3O/c1-5-17(11(2)10-16(3)4)14(18)12-7-6-8-13(15)9-12/h6-9,11H,5,10,15H2,1-4H3. The molecule has 0 aliphatic heterocycles. The SMILES string of the molecule is CCN(C(=O)c1cccc(N)c1)C(C)CN(C)C. The Hall–Kier alpha value is -1.55. The zero-order valence-electron chi connectivity index (χ0n) is 11.7. The molecule has 18 heavy (non-hydrogen) atoms. The van der Waals surface area contributed by atoms with Gasteiger partial charge in [-0.05, 0) is 46.1 Å². The smallest absolute Gasteiger partial charge is 0.254 e. The lowest BCUT2D eigenvalue weighted by atomic mass is 10.1. The van der Waals surface area contributed by atoms with Crippen LogP contribution < -0.4 is 5.73 Å². The summed E-state index contributed by atoms with van der Waals surface area (Å²) in [4.78, 5) is 16.4. The monoisotopic (exact) mass is 249 g/mol. The van der Waals surface area contributed by atoms with Crippen LogP contribution in [-0.4, -0.2) is 48.9 Å². The number of rotatable bonds is 5. The van der Waals surface area contributed by atoms with Crippen LogP contribution >= 0.6 is 0 Å². The number of likely N-dealkylation sites (N-methyl/N-ethyl adjacent to an activating group) is 2. The van der Waals surface area contributed by atoms with Crippen LogP contribution in [0.3, 0.4) is 0 Å². The van der Waals surface area contributed by atoms with Crippen LogP contribution in [0.4, 0.5) is 5.69 Å². The third-order valence-corrected chi connectivity index (χ3v) is 2.90. The molecule has 0 bridgehead atoms. The Morgan fingerprint density at radius 3 is 2.56 bits per heavy atom. The van der Waals surface area contributed by atoms with Crippen LogP contribution in [0.25, 0.3) is 0 Å². The fourth-order valence-electron chi connectivity index (χ4n) is 2.12. The molecule has 4 nitrogen and oxygen atoms in total. The molecule has 1 aromatic carbocycles. The molecule has 0 saturated carbocycles. The van der Waals surface area contributed by atoms with Gasteiger partial charge in [-0.25, -0.2) is 0 Å². The Morgan fingerprint density at radius 1 is 1.39 bits per heavy atom. The molecule has 2 N–H and O–H groups in total. The minimum absolute atomic E-state index is 0.0409. The third kappa shape index (κ3) is 3.74. The summed E-state index contributed by atoms with van der Waals surface area (Å²) in [5.74, 6) is 0.0409. The van der Waals surface area contributed by atoms with Crippen molar-refractivity contribution in [2.24, 2.45) is 0 Å². The fourth-order valence-corrected chi connectivity index (χ4v) is 2.12. The van der Waals surface area contributed by atoms with Gasteiger partial charge in [-0.15, -0.1) is 0 Å². The second kappa shape index (κ2) is 6.40. The lowest BCUT2D eigenvalue weighted by Gasteiger charge is -2.30. The highest BCUT2D eigenvalue weighted by atomic mass is 16.2. The van der Waals surface area contributed by atoms with Crippen molar-refractivity contribution in [2.75, 3.05) is 32.9 Å². The summed E-state index contributed by atoms with van der Waals surface area (Å²) in [7, 11) is 4.02. The Bertz CT molecular complexity index is 404. The quantitative estimate of drug-likeness (QED) is 0.808. The van der Waals surface area contributed by atoms with E-state index in [1.165, 1.54) is 0 Å². The number of anilines is 1.